The number of rotatable bonds is 5. The highest BCUT2D eigenvalue weighted by Crippen LogP contribution is 2.26. The Morgan fingerprint density at radius 2 is 1.83 bits per heavy atom. The summed E-state index contributed by atoms with van der Waals surface area (Å²) >= 11 is 0. The lowest BCUT2D eigenvalue weighted by atomic mass is 10.0. The number of aromatic nitrogens is 1. The molecule has 0 saturated carbocycles. The first-order valence-electron chi connectivity index (χ1n) is 5.98. The van der Waals surface area contributed by atoms with Gasteiger partial charge in [-0.2, -0.15) is 0 Å². The molecule has 0 spiro atoms. The Kier molecular flexibility index (Phi) is 5.65. The van der Waals surface area contributed by atoms with Gasteiger partial charge in [-0.15, -0.1) is 0 Å². The maximum Gasteiger partial charge on any atom is 0.132 e. The number of hydrogen-bond acceptors (Lipinski definition) is 2. The molecule has 1 aromatic heterocycles. The maximum atomic E-state index is 5.11. The largest absolute Gasteiger partial charge is 0.363 e. The van der Waals surface area contributed by atoms with Crippen LogP contribution in [0.5, 0.6) is 0 Å². The molecule has 0 aromatic carbocycles. The lowest BCUT2D eigenvalue weighted by Gasteiger charge is -2.02. The molecule has 18 heavy (non-hydrogen) atoms. The second kappa shape index (κ2) is 7.28. The fourth-order valence-corrected chi connectivity index (χ4v) is 1.68. The van der Waals surface area contributed by atoms with E-state index in [1.165, 1.54) is 0 Å². The summed E-state index contributed by atoms with van der Waals surface area (Å²) < 4.78 is 5.11. The average molecular weight is 241 g/mol. The fraction of sp³-hybridized carbons (Fsp3) is 0.188. The Morgan fingerprint density at radius 3 is 2.39 bits per heavy atom. The third kappa shape index (κ3) is 3.20. The molecular weight excluding hydrogens is 222 g/mol. The SMILES string of the molecule is C=C/C=C(\C=C/C)c1conc1C(/C=C\C)=C/C. The summed E-state index contributed by atoms with van der Waals surface area (Å²) in [5.41, 5.74) is 3.90. The normalized spacial score (nSPS) is 13.7. The van der Waals surface area contributed by atoms with Crippen molar-refractivity contribution >= 4 is 11.1 Å². The van der Waals surface area contributed by atoms with Gasteiger partial charge in [0.05, 0.1) is 0 Å². The van der Waals surface area contributed by atoms with Crippen molar-refractivity contribution in [2.45, 2.75) is 20.8 Å². The first kappa shape index (κ1) is 14.0. The minimum atomic E-state index is 0.849. The Balaban J connectivity index is 3.31. The molecule has 0 saturated heterocycles. The minimum Gasteiger partial charge on any atom is -0.363 e. The standard InChI is InChI=1S/C16H19NO/c1-5-9-13(8-4)16-15(12-18-17-16)14(10-6-2)11-7-3/h5-12H,2H2,1,3-4H3/b9-5-,11-7-,13-8+,14-10+. The van der Waals surface area contributed by atoms with E-state index in [1.807, 2.05) is 57.2 Å². The summed E-state index contributed by atoms with van der Waals surface area (Å²) in [7, 11) is 0. The molecule has 2 nitrogen and oxygen atoms in total. The van der Waals surface area contributed by atoms with Crippen molar-refractivity contribution in [2.75, 3.05) is 0 Å². The Hall–Kier alpha value is -2.09. The van der Waals surface area contributed by atoms with Gasteiger partial charge < -0.3 is 4.52 Å². The predicted molar refractivity (Wildman–Crippen MR) is 78.0 cm³/mol. The Bertz CT molecular complexity index is 513. The smallest absolute Gasteiger partial charge is 0.132 e. The molecule has 0 bridgehead atoms. The molecule has 0 atom stereocenters. The van der Waals surface area contributed by atoms with Crippen molar-refractivity contribution in [1.29, 1.82) is 0 Å². The average Bonchev–Trinajstić information content (AvgIpc) is 2.84. The van der Waals surface area contributed by atoms with E-state index < -0.39 is 0 Å². The Morgan fingerprint density at radius 1 is 1.17 bits per heavy atom. The maximum absolute atomic E-state index is 5.11. The minimum absolute atomic E-state index is 0.849. The number of hydrogen-bond donors (Lipinski definition) is 0. The second-order valence-corrected chi connectivity index (χ2v) is 3.68. The van der Waals surface area contributed by atoms with Gasteiger partial charge in [0.2, 0.25) is 0 Å². The van der Waals surface area contributed by atoms with Gasteiger partial charge in [-0.3, -0.25) is 0 Å². The molecule has 0 radical (unpaired) electrons. The molecule has 1 heterocycles. The molecule has 0 amide bonds. The molecule has 2 heteroatoms. The van der Waals surface area contributed by atoms with Crippen LogP contribution in [0.25, 0.3) is 11.1 Å². The zero-order chi connectivity index (χ0) is 13.4. The van der Waals surface area contributed by atoms with Crippen molar-refractivity contribution in [3.05, 3.63) is 66.6 Å². The van der Waals surface area contributed by atoms with Crippen LogP contribution < -0.4 is 0 Å². The highest BCUT2D eigenvalue weighted by atomic mass is 16.5. The molecule has 1 aromatic rings. The summed E-state index contributed by atoms with van der Waals surface area (Å²) in [5.74, 6) is 0. The van der Waals surface area contributed by atoms with Gasteiger partial charge >= 0.3 is 0 Å². The molecule has 0 N–H and O–H groups in total. The van der Waals surface area contributed by atoms with E-state index in [9.17, 15) is 0 Å². The van der Waals surface area contributed by atoms with Gasteiger partial charge in [-0.1, -0.05) is 54.3 Å². The third-order valence-corrected chi connectivity index (χ3v) is 2.45. The molecule has 0 aliphatic heterocycles. The first-order valence-corrected chi connectivity index (χ1v) is 5.98. The van der Waals surface area contributed by atoms with Gasteiger partial charge in [0.15, 0.2) is 0 Å². The van der Waals surface area contributed by atoms with Crippen LogP contribution in [0.3, 0.4) is 0 Å². The quantitative estimate of drug-likeness (QED) is 0.692. The molecule has 0 aliphatic carbocycles. The summed E-state index contributed by atoms with van der Waals surface area (Å²) in [6.45, 7) is 9.68. The monoisotopic (exact) mass is 241 g/mol. The summed E-state index contributed by atoms with van der Waals surface area (Å²) in [5, 5.41) is 4.09. The Labute approximate surface area is 109 Å². The van der Waals surface area contributed by atoms with Crippen molar-refractivity contribution < 1.29 is 4.52 Å². The molecular formula is C16H19NO. The van der Waals surface area contributed by atoms with E-state index in [2.05, 4.69) is 11.7 Å². The van der Waals surface area contributed by atoms with E-state index in [0.29, 0.717) is 0 Å². The van der Waals surface area contributed by atoms with Gasteiger partial charge in [-0.05, 0) is 31.9 Å². The second-order valence-electron chi connectivity index (χ2n) is 3.68. The van der Waals surface area contributed by atoms with Crippen LogP contribution in [0.1, 0.15) is 32.0 Å². The van der Waals surface area contributed by atoms with E-state index in [1.54, 1.807) is 12.3 Å². The van der Waals surface area contributed by atoms with Gasteiger partial charge in [0.1, 0.15) is 12.0 Å². The fourth-order valence-electron chi connectivity index (χ4n) is 1.68. The molecule has 1 rings (SSSR count). The highest BCUT2D eigenvalue weighted by molar-refractivity contribution is 5.85. The highest BCUT2D eigenvalue weighted by Gasteiger charge is 2.12. The van der Waals surface area contributed by atoms with E-state index >= 15 is 0 Å². The van der Waals surface area contributed by atoms with Crippen molar-refractivity contribution in [3.63, 3.8) is 0 Å². The van der Waals surface area contributed by atoms with E-state index in [0.717, 1.165) is 22.4 Å². The summed E-state index contributed by atoms with van der Waals surface area (Å²) in [4.78, 5) is 0. The van der Waals surface area contributed by atoms with Crippen LogP contribution in [-0.4, -0.2) is 5.16 Å². The topological polar surface area (TPSA) is 26.0 Å². The van der Waals surface area contributed by atoms with E-state index in [-0.39, 0.29) is 0 Å². The lowest BCUT2D eigenvalue weighted by Crippen LogP contribution is -1.88. The number of allylic oxidation sites excluding steroid dienone is 9. The summed E-state index contributed by atoms with van der Waals surface area (Å²) in [6, 6.07) is 0. The van der Waals surface area contributed by atoms with Crippen molar-refractivity contribution in [2.24, 2.45) is 0 Å². The molecule has 0 aliphatic rings. The number of nitrogens with zero attached hydrogens (tertiary/aromatic N) is 1. The molecule has 0 unspecified atom stereocenters. The van der Waals surface area contributed by atoms with Crippen LogP contribution in [0.4, 0.5) is 0 Å². The van der Waals surface area contributed by atoms with Gasteiger partial charge in [0, 0.05) is 5.56 Å². The summed E-state index contributed by atoms with van der Waals surface area (Å²) in [6.07, 6.45) is 15.4. The zero-order valence-corrected chi connectivity index (χ0v) is 11.2. The van der Waals surface area contributed by atoms with Crippen LogP contribution >= 0.6 is 0 Å². The lowest BCUT2D eigenvalue weighted by molar-refractivity contribution is 0.417. The van der Waals surface area contributed by atoms with Crippen molar-refractivity contribution in [3.8, 4) is 0 Å². The van der Waals surface area contributed by atoms with Crippen LogP contribution in [0.2, 0.25) is 0 Å². The molecule has 0 fully saturated rings. The zero-order valence-electron chi connectivity index (χ0n) is 11.2. The predicted octanol–water partition coefficient (Wildman–Crippen LogP) is 4.80. The van der Waals surface area contributed by atoms with Crippen LogP contribution in [0, 0.1) is 0 Å². The van der Waals surface area contributed by atoms with Gasteiger partial charge in [-0.25, -0.2) is 0 Å². The van der Waals surface area contributed by atoms with Crippen molar-refractivity contribution in [1.82, 2.24) is 5.16 Å². The van der Waals surface area contributed by atoms with Crippen LogP contribution in [0.15, 0.2) is 59.9 Å². The van der Waals surface area contributed by atoms with E-state index in [4.69, 9.17) is 4.52 Å². The third-order valence-electron chi connectivity index (χ3n) is 2.45. The first-order chi connectivity index (χ1) is 8.78. The van der Waals surface area contributed by atoms with Gasteiger partial charge in [0.25, 0.3) is 0 Å². The molecule has 94 valence electrons. The van der Waals surface area contributed by atoms with Crippen LogP contribution in [-0.2, 0) is 0 Å².